The normalized spacial score (nSPS) is 17.6. The molecule has 12 nitrogen and oxygen atoms in total. The Kier molecular flexibility index (Phi) is 6.70. The summed E-state index contributed by atoms with van der Waals surface area (Å²) in [5, 5.41) is 22.8. The number of aromatic nitrogens is 7. The molecule has 12 heteroatoms. The van der Waals surface area contributed by atoms with E-state index in [1.807, 2.05) is 23.5 Å². The number of H-pyrrole nitrogens is 1. The smallest absolute Gasteiger partial charge is 0.244 e. The Labute approximate surface area is 232 Å². The molecular formula is C28H33N11O. The van der Waals surface area contributed by atoms with Crippen molar-refractivity contribution in [3.05, 3.63) is 71.1 Å². The lowest BCUT2D eigenvalue weighted by atomic mass is 10.1. The zero-order valence-electron chi connectivity index (χ0n) is 22.4. The molecule has 1 fully saturated rings. The maximum Gasteiger partial charge on any atom is 0.244 e. The Bertz CT molecular complexity index is 1460. The maximum absolute atomic E-state index is 13.2. The number of nitrogens with one attached hydrogen (secondary N) is 3. The summed E-state index contributed by atoms with van der Waals surface area (Å²) in [5.74, 6) is 0.648. The third kappa shape index (κ3) is 5.19. The summed E-state index contributed by atoms with van der Waals surface area (Å²) in [6.45, 7) is 5.83. The van der Waals surface area contributed by atoms with Gasteiger partial charge in [-0.1, -0.05) is 24.3 Å². The van der Waals surface area contributed by atoms with Crippen LogP contribution in [0.1, 0.15) is 28.2 Å². The van der Waals surface area contributed by atoms with Crippen LogP contribution in [0.5, 0.6) is 0 Å². The number of fused-ring (bicyclic) bond motifs is 2. The number of rotatable bonds is 7. The first-order chi connectivity index (χ1) is 19.7. The van der Waals surface area contributed by atoms with Gasteiger partial charge in [0.15, 0.2) is 0 Å². The predicted molar refractivity (Wildman–Crippen MR) is 148 cm³/mol. The molecule has 0 bridgehead atoms. The van der Waals surface area contributed by atoms with Crippen molar-refractivity contribution >= 4 is 11.9 Å². The molecule has 1 aromatic carbocycles. The number of piperazine rings is 1. The van der Waals surface area contributed by atoms with E-state index in [0.29, 0.717) is 38.0 Å². The molecule has 0 atom stereocenters. The zero-order chi connectivity index (χ0) is 26.9. The fraction of sp³-hybridized carbons (Fsp3) is 0.429. The Balaban J connectivity index is 1.08. The second-order valence-electron chi connectivity index (χ2n) is 10.8. The molecule has 3 aromatic heterocycles. The molecule has 2 aliphatic heterocycles. The van der Waals surface area contributed by atoms with Gasteiger partial charge < -0.3 is 15.5 Å². The molecular weight excluding hydrogens is 506 g/mol. The summed E-state index contributed by atoms with van der Waals surface area (Å²) >= 11 is 0. The van der Waals surface area contributed by atoms with E-state index in [1.165, 1.54) is 11.1 Å². The average Bonchev–Trinajstić information content (AvgIpc) is 3.72. The van der Waals surface area contributed by atoms with Crippen molar-refractivity contribution in [2.24, 2.45) is 0 Å². The van der Waals surface area contributed by atoms with Crippen molar-refractivity contribution in [2.75, 3.05) is 38.0 Å². The highest BCUT2D eigenvalue weighted by atomic mass is 16.2. The molecule has 3 aliphatic rings. The predicted octanol–water partition coefficient (Wildman–Crippen LogP) is 1.03. The van der Waals surface area contributed by atoms with Crippen LogP contribution in [0.3, 0.4) is 0 Å². The van der Waals surface area contributed by atoms with E-state index in [2.05, 4.69) is 65.2 Å². The Morgan fingerprint density at radius 3 is 2.52 bits per heavy atom. The van der Waals surface area contributed by atoms with Gasteiger partial charge >= 0.3 is 0 Å². The van der Waals surface area contributed by atoms with Crippen LogP contribution in [-0.4, -0.2) is 89.6 Å². The second kappa shape index (κ2) is 10.8. The maximum atomic E-state index is 13.2. The fourth-order valence-corrected chi connectivity index (χ4v) is 5.92. The van der Waals surface area contributed by atoms with Gasteiger partial charge in [-0.15, -0.1) is 0 Å². The number of aromatic amines is 1. The van der Waals surface area contributed by atoms with Gasteiger partial charge in [0.2, 0.25) is 11.9 Å². The van der Waals surface area contributed by atoms with Crippen molar-refractivity contribution < 1.29 is 4.79 Å². The topological polar surface area (TPSA) is 133 Å². The van der Waals surface area contributed by atoms with Crippen LogP contribution in [0.4, 0.5) is 5.95 Å². The molecule has 4 aromatic rings. The Morgan fingerprint density at radius 2 is 1.75 bits per heavy atom. The van der Waals surface area contributed by atoms with Gasteiger partial charge in [-0.05, 0) is 24.0 Å². The molecule has 7 rings (SSSR count). The van der Waals surface area contributed by atoms with Gasteiger partial charge in [-0.25, -0.2) is 9.97 Å². The highest BCUT2D eigenvalue weighted by Crippen LogP contribution is 2.26. The fourth-order valence-electron chi connectivity index (χ4n) is 5.92. The van der Waals surface area contributed by atoms with Crippen LogP contribution in [0.2, 0.25) is 0 Å². The number of anilines is 1. The van der Waals surface area contributed by atoms with Crippen molar-refractivity contribution in [1.29, 1.82) is 0 Å². The van der Waals surface area contributed by atoms with Crippen molar-refractivity contribution in [2.45, 2.75) is 44.9 Å². The molecule has 40 heavy (non-hydrogen) atoms. The highest BCUT2D eigenvalue weighted by molar-refractivity contribution is 5.76. The minimum absolute atomic E-state index is 0.0183. The van der Waals surface area contributed by atoms with Gasteiger partial charge in [0.1, 0.15) is 12.2 Å². The Hall–Kier alpha value is -4.16. The van der Waals surface area contributed by atoms with Crippen LogP contribution >= 0.6 is 0 Å². The van der Waals surface area contributed by atoms with E-state index in [9.17, 15) is 4.79 Å². The van der Waals surface area contributed by atoms with E-state index < -0.39 is 0 Å². The average molecular weight is 540 g/mol. The summed E-state index contributed by atoms with van der Waals surface area (Å²) in [6, 6.07) is 8.87. The van der Waals surface area contributed by atoms with Gasteiger partial charge in [-0.3, -0.25) is 14.4 Å². The number of hydrogen-bond acceptors (Lipinski definition) is 9. The number of carbonyl (C=O) groups excluding carboxylic acids is 1. The van der Waals surface area contributed by atoms with Crippen molar-refractivity contribution in [3.63, 3.8) is 0 Å². The van der Waals surface area contributed by atoms with Gasteiger partial charge in [-0.2, -0.15) is 20.5 Å². The lowest BCUT2D eigenvalue weighted by Gasteiger charge is -2.26. The Morgan fingerprint density at radius 1 is 1.00 bits per heavy atom. The number of carbonyl (C=O) groups is 1. The first kappa shape index (κ1) is 24.9. The van der Waals surface area contributed by atoms with E-state index in [-0.39, 0.29) is 12.5 Å². The van der Waals surface area contributed by atoms with Crippen LogP contribution < -0.4 is 10.6 Å². The standard InChI is InChI=1S/C28H33N11O/c40-27(38-8-5-24-26(17-38)34-36-33-24)18-39-15-23(25(35-39)16-37-9-6-29-7-10-37)21-13-30-28(31-14-21)32-22-11-19-3-1-2-4-20(19)12-22/h1-4,13-15,22,29H,5-12,16-18H2,(H,30,31,32)(H,33,34,36). The molecule has 1 saturated heterocycles. The molecule has 0 radical (unpaired) electrons. The quantitative estimate of drug-likeness (QED) is 0.315. The number of benzene rings is 1. The van der Waals surface area contributed by atoms with Crippen LogP contribution in [-0.2, 0) is 43.7 Å². The third-order valence-corrected chi connectivity index (χ3v) is 8.08. The van der Waals surface area contributed by atoms with Crippen molar-refractivity contribution in [3.8, 4) is 11.1 Å². The summed E-state index contributed by atoms with van der Waals surface area (Å²) in [6.07, 6.45) is 8.34. The molecule has 206 valence electrons. The van der Waals surface area contributed by atoms with E-state index in [4.69, 9.17) is 5.10 Å². The summed E-state index contributed by atoms with van der Waals surface area (Å²) in [7, 11) is 0. The molecule has 3 N–H and O–H groups in total. The minimum Gasteiger partial charge on any atom is -0.351 e. The van der Waals surface area contributed by atoms with Crippen LogP contribution in [0.15, 0.2) is 42.9 Å². The highest BCUT2D eigenvalue weighted by Gasteiger charge is 2.25. The SMILES string of the molecule is O=C(Cn1cc(-c2cnc(NC3Cc4ccccc4C3)nc2)c(CN2CCNCC2)n1)N1CCc2n[nH]nc2C1. The molecule has 1 amide bonds. The van der Waals surface area contributed by atoms with Gasteiger partial charge in [0.05, 0.1) is 17.9 Å². The summed E-state index contributed by atoms with van der Waals surface area (Å²) in [5.41, 5.74) is 7.36. The zero-order valence-corrected chi connectivity index (χ0v) is 22.4. The van der Waals surface area contributed by atoms with Crippen LogP contribution in [0, 0.1) is 0 Å². The van der Waals surface area contributed by atoms with Gasteiger partial charge in [0, 0.05) is 81.4 Å². The lowest BCUT2D eigenvalue weighted by Crippen LogP contribution is -2.43. The molecule has 1 aliphatic carbocycles. The van der Waals surface area contributed by atoms with E-state index in [0.717, 1.165) is 67.2 Å². The number of amides is 1. The largest absolute Gasteiger partial charge is 0.351 e. The molecule has 0 spiro atoms. The third-order valence-electron chi connectivity index (χ3n) is 8.08. The molecule has 0 saturated carbocycles. The minimum atomic E-state index is 0.0183. The monoisotopic (exact) mass is 539 g/mol. The number of hydrogen-bond donors (Lipinski definition) is 3. The van der Waals surface area contributed by atoms with E-state index >= 15 is 0 Å². The molecule has 5 heterocycles. The van der Waals surface area contributed by atoms with Crippen molar-refractivity contribution in [1.82, 2.24) is 50.3 Å². The summed E-state index contributed by atoms with van der Waals surface area (Å²) in [4.78, 5) is 26.7. The van der Waals surface area contributed by atoms with Gasteiger partial charge in [0.25, 0.3) is 0 Å². The van der Waals surface area contributed by atoms with E-state index in [1.54, 1.807) is 4.68 Å². The lowest BCUT2D eigenvalue weighted by molar-refractivity contribution is -0.133. The molecule has 0 unspecified atom stereocenters. The van der Waals surface area contributed by atoms with Crippen LogP contribution in [0.25, 0.3) is 11.1 Å². The first-order valence-corrected chi connectivity index (χ1v) is 14.0. The first-order valence-electron chi connectivity index (χ1n) is 14.0. The second-order valence-corrected chi connectivity index (χ2v) is 10.8. The summed E-state index contributed by atoms with van der Waals surface area (Å²) < 4.78 is 1.76. The number of nitrogens with zero attached hydrogens (tertiary/aromatic N) is 8.